The zero-order chi connectivity index (χ0) is 10.1. The maximum absolute atomic E-state index is 3.88. The fourth-order valence-electron chi connectivity index (χ4n) is 1.84. The lowest BCUT2D eigenvalue weighted by Gasteiger charge is -2.31. The van der Waals surface area contributed by atoms with Crippen molar-refractivity contribution in [1.29, 1.82) is 0 Å². The van der Waals surface area contributed by atoms with Gasteiger partial charge in [0.15, 0.2) is 0 Å². The molecule has 1 saturated heterocycles. The Kier molecular flexibility index (Phi) is 3.01. The van der Waals surface area contributed by atoms with Crippen molar-refractivity contribution in [2.75, 3.05) is 13.1 Å². The van der Waals surface area contributed by atoms with Crippen molar-refractivity contribution in [3.8, 4) is 0 Å². The lowest BCUT2D eigenvalue weighted by molar-refractivity contribution is 0.171. The van der Waals surface area contributed by atoms with Gasteiger partial charge in [-0.05, 0) is 34.1 Å². The van der Waals surface area contributed by atoms with Gasteiger partial charge in [0, 0.05) is 30.4 Å². The second-order valence-electron chi connectivity index (χ2n) is 5.03. The summed E-state index contributed by atoms with van der Waals surface area (Å²) in [5.41, 5.74) is 1.40. The standard InChI is InChI=1S/C11H22N2/c1-9(2)12-10-6-7-13(8-10)11(3,4)5/h10,12H,1,6-8H2,2-5H3. The predicted octanol–water partition coefficient (Wildman–Crippen LogP) is 1.98. The molecule has 0 radical (unpaired) electrons. The molecule has 1 fully saturated rings. The number of hydrogen-bond donors (Lipinski definition) is 1. The maximum atomic E-state index is 3.88. The minimum absolute atomic E-state index is 0.311. The van der Waals surface area contributed by atoms with Crippen LogP contribution in [0.4, 0.5) is 0 Å². The SMILES string of the molecule is C=C(C)NC1CCN(C(C)(C)C)C1. The molecule has 1 aliphatic heterocycles. The average molecular weight is 182 g/mol. The molecule has 1 heterocycles. The minimum atomic E-state index is 0.311. The summed E-state index contributed by atoms with van der Waals surface area (Å²) in [5.74, 6) is 0. The van der Waals surface area contributed by atoms with Gasteiger partial charge in [0.2, 0.25) is 0 Å². The summed E-state index contributed by atoms with van der Waals surface area (Å²) in [5, 5.41) is 3.41. The van der Waals surface area contributed by atoms with Gasteiger partial charge in [-0.3, -0.25) is 4.90 Å². The first-order chi connectivity index (χ1) is 5.89. The minimum Gasteiger partial charge on any atom is -0.385 e. The maximum Gasteiger partial charge on any atom is 0.0397 e. The molecule has 0 aromatic carbocycles. The molecule has 0 saturated carbocycles. The van der Waals surface area contributed by atoms with Crippen LogP contribution in [-0.2, 0) is 0 Å². The Morgan fingerprint density at radius 2 is 2.08 bits per heavy atom. The Bertz CT molecular complexity index is 191. The van der Waals surface area contributed by atoms with Gasteiger partial charge in [-0.1, -0.05) is 6.58 Å². The monoisotopic (exact) mass is 182 g/mol. The number of nitrogens with one attached hydrogen (secondary N) is 1. The third-order valence-corrected chi connectivity index (χ3v) is 2.59. The van der Waals surface area contributed by atoms with E-state index >= 15 is 0 Å². The van der Waals surface area contributed by atoms with Crippen molar-refractivity contribution in [1.82, 2.24) is 10.2 Å². The predicted molar refractivity (Wildman–Crippen MR) is 57.7 cm³/mol. The first kappa shape index (κ1) is 10.6. The molecule has 0 amide bonds. The largest absolute Gasteiger partial charge is 0.385 e. The fraction of sp³-hybridized carbons (Fsp3) is 0.818. The highest BCUT2D eigenvalue weighted by molar-refractivity contribution is 4.95. The van der Waals surface area contributed by atoms with E-state index in [0.29, 0.717) is 11.6 Å². The third kappa shape index (κ3) is 3.03. The van der Waals surface area contributed by atoms with E-state index in [4.69, 9.17) is 0 Å². The molecule has 1 atom stereocenters. The van der Waals surface area contributed by atoms with E-state index in [1.165, 1.54) is 13.0 Å². The van der Waals surface area contributed by atoms with Crippen molar-refractivity contribution in [2.45, 2.75) is 45.7 Å². The van der Waals surface area contributed by atoms with E-state index in [2.05, 4.69) is 37.6 Å². The van der Waals surface area contributed by atoms with Gasteiger partial charge in [0.1, 0.15) is 0 Å². The highest BCUT2D eigenvalue weighted by atomic mass is 15.2. The molecule has 76 valence electrons. The van der Waals surface area contributed by atoms with Crippen LogP contribution in [0.5, 0.6) is 0 Å². The molecule has 13 heavy (non-hydrogen) atoms. The summed E-state index contributed by atoms with van der Waals surface area (Å²) in [7, 11) is 0. The molecule has 2 heteroatoms. The number of nitrogens with zero attached hydrogens (tertiary/aromatic N) is 1. The third-order valence-electron chi connectivity index (χ3n) is 2.59. The highest BCUT2D eigenvalue weighted by Crippen LogP contribution is 2.20. The summed E-state index contributed by atoms with van der Waals surface area (Å²) < 4.78 is 0. The van der Waals surface area contributed by atoms with E-state index in [-0.39, 0.29) is 0 Å². The van der Waals surface area contributed by atoms with Crippen LogP contribution < -0.4 is 5.32 Å². The number of hydrogen-bond acceptors (Lipinski definition) is 2. The Morgan fingerprint density at radius 1 is 1.46 bits per heavy atom. The van der Waals surface area contributed by atoms with Crippen molar-refractivity contribution in [3.63, 3.8) is 0 Å². The average Bonchev–Trinajstić information content (AvgIpc) is 2.32. The fourth-order valence-corrected chi connectivity index (χ4v) is 1.84. The van der Waals surface area contributed by atoms with E-state index in [0.717, 1.165) is 12.2 Å². The van der Waals surface area contributed by atoms with Crippen molar-refractivity contribution in [2.24, 2.45) is 0 Å². The van der Waals surface area contributed by atoms with Crippen LogP contribution in [0.2, 0.25) is 0 Å². The van der Waals surface area contributed by atoms with Crippen LogP contribution in [0.25, 0.3) is 0 Å². The van der Waals surface area contributed by atoms with Gasteiger partial charge in [-0.25, -0.2) is 0 Å². The number of allylic oxidation sites excluding steroid dienone is 1. The summed E-state index contributed by atoms with van der Waals surface area (Å²) in [6, 6.07) is 0.608. The molecule has 0 aliphatic carbocycles. The zero-order valence-corrected chi connectivity index (χ0v) is 9.35. The summed E-state index contributed by atoms with van der Waals surface area (Å²) in [4.78, 5) is 2.52. The Labute approximate surface area is 82.0 Å². The molecular formula is C11H22N2. The van der Waals surface area contributed by atoms with Gasteiger partial charge in [-0.2, -0.15) is 0 Å². The van der Waals surface area contributed by atoms with Gasteiger partial charge >= 0.3 is 0 Å². The second-order valence-corrected chi connectivity index (χ2v) is 5.03. The van der Waals surface area contributed by atoms with Crippen LogP contribution in [0, 0.1) is 0 Å². The smallest absolute Gasteiger partial charge is 0.0397 e. The van der Waals surface area contributed by atoms with E-state index in [1.54, 1.807) is 0 Å². The molecule has 2 nitrogen and oxygen atoms in total. The van der Waals surface area contributed by atoms with Crippen LogP contribution in [0.3, 0.4) is 0 Å². The van der Waals surface area contributed by atoms with Crippen LogP contribution in [-0.4, -0.2) is 29.6 Å². The molecule has 0 spiro atoms. The number of rotatable bonds is 2. The van der Waals surface area contributed by atoms with Crippen LogP contribution in [0.1, 0.15) is 34.1 Å². The number of likely N-dealkylation sites (tertiary alicyclic amines) is 1. The molecule has 0 aromatic rings. The molecule has 1 N–H and O–H groups in total. The molecule has 0 bridgehead atoms. The van der Waals surface area contributed by atoms with Gasteiger partial charge < -0.3 is 5.32 Å². The van der Waals surface area contributed by atoms with Crippen molar-refractivity contribution in [3.05, 3.63) is 12.3 Å². The van der Waals surface area contributed by atoms with E-state index < -0.39 is 0 Å². The summed E-state index contributed by atoms with van der Waals surface area (Å²) in [6.07, 6.45) is 1.24. The Balaban J connectivity index is 2.41. The molecule has 0 aromatic heterocycles. The van der Waals surface area contributed by atoms with Crippen LogP contribution >= 0.6 is 0 Å². The van der Waals surface area contributed by atoms with E-state index in [9.17, 15) is 0 Å². The first-order valence-electron chi connectivity index (χ1n) is 5.06. The lowest BCUT2D eigenvalue weighted by atomic mass is 10.1. The first-order valence-corrected chi connectivity index (χ1v) is 5.06. The summed E-state index contributed by atoms with van der Waals surface area (Å²) in [6.45, 7) is 15.1. The normalized spacial score (nSPS) is 24.8. The molecule has 1 unspecified atom stereocenters. The quantitative estimate of drug-likeness (QED) is 0.702. The van der Waals surface area contributed by atoms with Gasteiger partial charge in [0.25, 0.3) is 0 Å². The Morgan fingerprint density at radius 3 is 2.46 bits per heavy atom. The zero-order valence-electron chi connectivity index (χ0n) is 9.35. The lowest BCUT2D eigenvalue weighted by Crippen LogP contribution is -2.41. The topological polar surface area (TPSA) is 15.3 Å². The molecular weight excluding hydrogens is 160 g/mol. The van der Waals surface area contributed by atoms with E-state index in [1.807, 2.05) is 6.92 Å². The summed E-state index contributed by atoms with van der Waals surface area (Å²) >= 11 is 0. The van der Waals surface area contributed by atoms with Gasteiger partial charge in [-0.15, -0.1) is 0 Å². The molecule has 1 aliphatic rings. The van der Waals surface area contributed by atoms with Crippen LogP contribution in [0.15, 0.2) is 12.3 Å². The Hall–Kier alpha value is -0.500. The second kappa shape index (κ2) is 3.70. The van der Waals surface area contributed by atoms with Gasteiger partial charge in [0.05, 0.1) is 0 Å². The van der Waals surface area contributed by atoms with Crippen molar-refractivity contribution >= 4 is 0 Å². The molecule has 1 rings (SSSR count). The highest BCUT2D eigenvalue weighted by Gasteiger charge is 2.29. The van der Waals surface area contributed by atoms with Crippen molar-refractivity contribution < 1.29 is 0 Å².